The highest BCUT2D eigenvalue weighted by Crippen LogP contribution is 2.40. The van der Waals surface area contributed by atoms with Crippen molar-refractivity contribution in [2.75, 3.05) is 19.2 Å². The van der Waals surface area contributed by atoms with E-state index in [2.05, 4.69) is 37.2 Å². The van der Waals surface area contributed by atoms with Crippen LogP contribution in [0, 0.1) is 0 Å². The van der Waals surface area contributed by atoms with Crippen LogP contribution in [0.15, 0.2) is 51.4 Å². The summed E-state index contributed by atoms with van der Waals surface area (Å²) in [6, 6.07) is 8.19. The summed E-state index contributed by atoms with van der Waals surface area (Å²) >= 11 is 6.66. The zero-order valence-corrected chi connectivity index (χ0v) is 20.6. The van der Waals surface area contributed by atoms with E-state index in [0.717, 1.165) is 6.08 Å². The zero-order valence-electron chi connectivity index (χ0n) is 17.4. The van der Waals surface area contributed by atoms with Gasteiger partial charge in [-0.1, -0.05) is 22.0 Å². The lowest BCUT2D eigenvalue weighted by molar-refractivity contribution is -0.131. The van der Waals surface area contributed by atoms with Gasteiger partial charge in [-0.05, 0) is 53.0 Å². The van der Waals surface area contributed by atoms with Crippen LogP contribution in [0.1, 0.15) is 24.5 Å². The maximum Gasteiger partial charge on any atom is 0.412 e. The third-order valence-corrected chi connectivity index (χ3v) is 5.80. The summed E-state index contributed by atoms with van der Waals surface area (Å²) in [7, 11) is 1.45. The van der Waals surface area contributed by atoms with E-state index in [-0.39, 0.29) is 12.5 Å². The third-order valence-electron chi connectivity index (χ3n) is 4.74. The maximum atomic E-state index is 12.8. The van der Waals surface area contributed by atoms with Crippen LogP contribution in [-0.2, 0) is 14.3 Å². The predicted molar refractivity (Wildman–Crippen MR) is 126 cm³/mol. The van der Waals surface area contributed by atoms with Crippen LogP contribution < -0.4 is 14.8 Å². The minimum absolute atomic E-state index is 0.105. The highest BCUT2D eigenvalue weighted by Gasteiger charge is 2.30. The van der Waals surface area contributed by atoms with Gasteiger partial charge in [-0.25, -0.2) is 9.59 Å². The number of ether oxygens (including phenoxy) is 4. The molecular formula is C22H21Br2NO8. The molecule has 1 aliphatic heterocycles. The van der Waals surface area contributed by atoms with Crippen molar-refractivity contribution in [1.29, 1.82) is 0 Å². The molecule has 0 aliphatic carbocycles. The molecule has 0 unspecified atom stereocenters. The number of benzene rings is 2. The van der Waals surface area contributed by atoms with Gasteiger partial charge in [0.25, 0.3) is 0 Å². The Balaban J connectivity index is 1.82. The number of hydrogen-bond acceptors (Lipinski definition) is 7. The molecule has 0 spiro atoms. The molecular weight excluding hydrogens is 566 g/mol. The molecule has 11 heteroatoms. The van der Waals surface area contributed by atoms with Crippen molar-refractivity contribution in [3.05, 3.63) is 57.0 Å². The predicted octanol–water partition coefficient (Wildman–Crippen LogP) is 5.37. The molecule has 176 valence electrons. The molecule has 1 amide bonds. The van der Waals surface area contributed by atoms with Crippen molar-refractivity contribution in [2.24, 2.45) is 0 Å². The monoisotopic (exact) mass is 585 g/mol. The number of phenols is 1. The Morgan fingerprint density at radius 2 is 1.97 bits per heavy atom. The number of aliphatic carboxylic acids is 1. The van der Waals surface area contributed by atoms with E-state index in [1.54, 1.807) is 30.3 Å². The number of allylic oxidation sites excluding steroid dienone is 1. The number of methoxy groups -OCH3 is 1. The quantitative estimate of drug-likeness (QED) is 0.335. The molecule has 2 aromatic carbocycles. The molecule has 0 saturated carbocycles. The number of fused-ring (bicyclic) bond motifs is 1. The molecule has 0 bridgehead atoms. The lowest BCUT2D eigenvalue weighted by atomic mass is 9.99. The number of aromatic hydroxyl groups is 1. The largest absolute Gasteiger partial charge is 0.506 e. The van der Waals surface area contributed by atoms with Crippen molar-refractivity contribution in [1.82, 2.24) is 0 Å². The molecule has 2 atom stereocenters. The van der Waals surface area contributed by atoms with E-state index in [9.17, 15) is 14.7 Å². The van der Waals surface area contributed by atoms with Gasteiger partial charge in [-0.2, -0.15) is 0 Å². The Bertz CT molecular complexity index is 1060. The molecule has 0 fully saturated rings. The standard InChI is InChI=1S/C22H21Br2NO8/c1-30-17(4-2-3-5-19(26)27)21(14-8-12(23)9-15(24)20(14)28)33-22(29)25-13-6-7-16-18(10-13)32-11-31-16/h3,5-10,17,21,28H,2,4,11H2,1H3,(H,25,29)(H,26,27)/b5-3+/t17-,21-/m0/s1. The number of halogens is 2. The van der Waals surface area contributed by atoms with Crippen molar-refractivity contribution < 1.29 is 38.7 Å². The SMILES string of the molecule is CO[C@@H](CC/C=C/C(=O)O)[C@@H](OC(=O)Nc1ccc2c(c1)OCO2)c1cc(Br)cc(Br)c1O. The van der Waals surface area contributed by atoms with Gasteiger partial charge in [0, 0.05) is 35.0 Å². The first-order valence-electron chi connectivity index (χ1n) is 9.76. The van der Waals surface area contributed by atoms with Crippen molar-refractivity contribution in [2.45, 2.75) is 25.0 Å². The minimum atomic E-state index is -1.06. The number of anilines is 1. The molecule has 9 nitrogen and oxygen atoms in total. The van der Waals surface area contributed by atoms with E-state index in [4.69, 9.17) is 24.1 Å². The van der Waals surface area contributed by atoms with Crippen LogP contribution in [0.5, 0.6) is 17.2 Å². The normalized spacial score (nSPS) is 14.2. The number of nitrogens with one attached hydrogen (secondary N) is 1. The fourth-order valence-corrected chi connectivity index (χ4v) is 4.48. The Kier molecular flexibility index (Phi) is 8.59. The highest BCUT2D eigenvalue weighted by molar-refractivity contribution is 9.11. The minimum Gasteiger partial charge on any atom is -0.506 e. The average molecular weight is 587 g/mol. The number of hydrogen-bond donors (Lipinski definition) is 3. The third kappa shape index (κ3) is 6.62. The number of rotatable bonds is 9. The Labute approximate surface area is 206 Å². The second kappa shape index (κ2) is 11.4. The Hall–Kier alpha value is -2.76. The summed E-state index contributed by atoms with van der Waals surface area (Å²) in [6.45, 7) is 0.105. The smallest absolute Gasteiger partial charge is 0.412 e. The van der Waals surface area contributed by atoms with Gasteiger partial charge >= 0.3 is 12.1 Å². The van der Waals surface area contributed by atoms with Gasteiger partial charge in [0.2, 0.25) is 6.79 Å². The van der Waals surface area contributed by atoms with Gasteiger partial charge in [0.1, 0.15) is 5.75 Å². The number of phenolic OH excluding ortho intramolecular Hbond substituents is 1. The Morgan fingerprint density at radius 3 is 2.70 bits per heavy atom. The summed E-state index contributed by atoms with van der Waals surface area (Å²) < 4.78 is 22.9. The van der Waals surface area contributed by atoms with Crippen LogP contribution in [0.2, 0.25) is 0 Å². The first kappa shape index (κ1) is 24.9. The Morgan fingerprint density at radius 1 is 1.21 bits per heavy atom. The lowest BCUT2D eigenvalue weighted by Crippen LogP contribution is -2.28. The number of carbonyl (C=O) groups excluding carboxylic acids is 1. The van der Waals surface area contributed by atoms with E-state index in [1.807, 2.05) is 0 Å². The van der Waals surface area contributed by atoms with Crippen LogP contribution in [-0.4, -0.2) is 42.3 Å². The van der Waals surface area contributed by atoms with Crippen LogP contribution in [0.4, 0.5) is 10.5 Å². The molecule has 1 heterocycles. The molecule has 1 aliphatic rings. The summed E-state index contributed by atoms with van der Waals surface area (Å²) in [5, 5.41) is 22.0. The molecule has 0 saturated heterocycles. The van der Waals surface area contributed by atoms with E-state index < -0.39 is 24.3 Å². The van der Waals surface area contributed by atoms with Crippen LogP contribution in [0.3, 0.4) is 0 Å². The van der Waals surface area contributed by atoms with Gasteiger partial charge in [0.05, 0.1) is 10.6 Å². The first-order chi connectivity index (χ1) is 15.8. The van der Waals surface area contributed by atoms with Gasteiger partial charge < -0.3 is 29.2 Å². The fourth-order valence-electron chi connectivity index (χ4n) is 3.22. The number of carboxylic acid groups (broad SMARTS) is 1. The maximum absolute atomic E-state index is 12.8. The fraction of sp³-hybridized carbons (Fsp3) is 0.273. The second-order valence-electron chi connectivity index (χ2n) is 6.94. The van der Waals surface area contributed by atoms with Crippen LogP contribution in [0.25, 0.3) is 0 Å². The second-order valence-corrected chi connectivity index (χ2v) is 8.71. The summed E-state index contributed by atoms with van der Waals surface area (Å²) in [4.78, 5) is 23.5. The van der Waals surface area contributed by atoms with Crippen molar-refractivity contribution in [3.63, 3.8) is 0 Å². The van der Waals surface area contributed by atoms with E-state index >= 15 is 0 Å². The topological polar surface area (TPSA) is 124 Å². The lowest BCUT2D eigenvalue weighted by Gasteiger charge is -2.27. The number of carbonyl (C=O) groups is 2. The van der Waals surface area contributed by atoms with Crippen molar-refractivity contribution >= 4 is 49.6 Å². The van der Waals surface area contributed by atoms with Crippen molar-refractivity contribution in [3.8, 4) is 17.2 Å². The first-order valence-corrected chi connectivity index (χ1v) is 11.3. The summed E-state index contributed by atoms with van der Waals surface area (Å²) in [6.07, 6.45) is 0.721. The average Bonchev–Trinajstić information content (AvgIpc) is 3.23. The zero-order chi connectivity index (χ0) is 24.0. The van der Waals surface area contributed by atoms with E-state index in [1.165, 1.54) is 13.2 Å². The molecule has 3 N–H and O–H groups in total. The molecule has 2 aromatic rings. The highest BCUT2D eigenvalue weighted by atomic mass is 79.9. The number of amides is 1. The van der Waals surface area contributed by atoms with Gasteiger partial charge in [-0.15, -0.1) is 0 Å². The molecule has 0 aromatic heterocycles. The van der Waals surface area contributed by atoms with Crippen LogP contribution >= 0.6 is 31.9 Å². The molecule has 3 rings (SSSR count). The summed E-state index contributed by atoms with van der Waals surface area (Å²) in [5.41, 5.74) is 0.743. The van der Waals surface area contributed by atoms with E-state index in [0.29, 0.717) is 44.5 Å². The number of carboxylic acids is 1. The summed E-state index contributed by atoms with van der Waals surface area (Å²) in [5.74, 6) is -0.0990. The molecule has 33 heavy (non-hydrogen) atoms. The van der Waals surface area contributed by atoms with Gasteiger partial charge in [-0.3, -0.25) is 5.32 Å². The molecule has 0 radical (unpaired) electrons. The van der Waals surface area contributed by atoms with Gasteiger partial charge in [0.15, 0.2) is 17.6 Å².